The summed E-state index contributed by atoms with van der Waals surface area (Å²) in [6.45, 7) is 1.88. The number of carbonyl (C=O) groups excluding carboxylic acids is 2. The third-order valence-electron chi connectivity index (χ3n) is 3.93. The maximum atomic E-state index is 12.8. The predicted molar refractivity (Wildman–Crippen MR) is 108 cm³/mol. The Morgan fingerprint density at radius 2 is 1.89 bits per heavy atom. The van der Waals surface area contributed by atoms with E-state index in [0.29, 0.717) is 16.3 Å². The van der Waals surface area contributed by atoms with E-state index in [2.05, 4.69) is 5.32 Å². The van der Waals surface area contributed by atoms with Crippen LogP contribution in [0.2, 0.25) is 5.02 Å². The van der Waals surface area contributed by atoms with Crippen LogP contribution >= 0.6 is 22.9 Å². The molecule has 138 valence electrons. The van der Waals surface area contributed by atoms with Crippen molar-refractivity contribution >= 4 is 40.5 Å². The van der Waals surface area contributed by atoms with Gasteiger partial charge in [-0.2, -0.15) is 0 Å². The third kappa shape index (κ3) is 5.18. The first kappa shape index (κ1) is 19.1. The molecule has 2 aromatic carbocycles. The molecule has 0 saturated heterocycles. The number of halogens is 1. The first-order valence-corrected chi connectivity index (χ1v) is 9.62. The van der Waals surface area contributed by atoms with Crippen LogP contribution in [-0.2, 0) is 20.7 Å². The lowest BCUT2D eigenvalue weighted by Crippen LogP contribution is -2.26. The molecule has 6 heteroatoms. The quantitative estimate of drug-likeness (QED) is 0.581. The van der Waals surface area contributed by atoms with Gasteiger partial charge in [-0.05, 0) is 36.1 Å². The Kier molecular flexibility index (Phi) is 6.27. The summed E-state index contributed by atoms with van der Waals surface area (Å²) < 4.78 is 5.52. The van der Waals surface area contributed by atoms with Crippen molar-refractivity contribution in [2.45, 2.75) is 19.4 Å². The lowest BCUT2D eigenvalue weighted by Gasteiger charge is -2.18. The number of benzene rings is 2. The highest BCUT2D eigenvalue weighted by Crippen LogP contribution is 2.24. The number of thiophene rings is 1. The van der Waals surface area contributed by atoms with Gasteiger partial charge in [0.25, 0.3) is 5.91 Å². The highest BCUT2D eigenvalue weighted by molar-refractivity contribution is 7.10. The van der Waals surface area contributed by atoms with Crippen LogP contribution in [0.4, 0.5) is 5.69 Å². The van der Waals surface area contributed by atoms with E-state index in [-0.39, 0.29) is 6.42 Å². The second kappa shape index (κ2) is 8.84. The number of rotatable bonds is 6. The van der Waals surface area contributed by atoms with Gasteiger partial charge in [-0.1, -0.05) is 54.1 Å². The van der Waals surface area contributed by atoms with Crippen LogP contribution in [-0.4, -0.2) is 11.9 Å². The number of hydrogen-bond acceptors (Lipinski definition) is 4. The van der Waals surface area contributed by atoms with E-state index in [0.717, 1.165) is 10.4 Å². The molecule has 0 aliphatic carbocycles. The fraction of sp³-hybridized carbons (Fsp3) is 0.143. The zero-order valence-corrected chi connectivity index (χ0v) is 16.2. The predicted octanol–water partition coefficient (Wildman–Crippen LogP) is 5.18. The second-order valence-electron chi connectivity index (χ2n) is 5.99. The molecule has 1 heterocycles. The summed E-state index contributed by atoms with van der Waals surface area (Å²) in [6.07, 6.45) is -0.913. The smallest absolute Gasteiger partial charge is 0.312 e. The molecule has 3 rings (SSSR count). The van der Waals surface area contributed by atoms with Crippen molar-refractivity contribution in [2.75, 3.05) is 5.32 Å². The molecule has 1 atom stereocenters. The van der Waals surface area contributed by atoms with Gasteiger partial charge in [0.1, 0.15) is 0 Å². The maximum Gasteiger partial charge on any atom is 0.312 e. The second-order valence-corrected chi connectivity index (χ2v) is 7.43. The molecule has 0 bridgehead atoms. The Labute approximate surface area is 166 Å². The number of anilines is 1. The molecule has 1 amide bonds. The number of aryl methyl sites for hydroxylation is 1. The van der Waals surface area contributed by atoms with Crippen molar-refractivity contribution < 1.29 is 14.3 Å². The molecule has 1 aromatic heterocycles. The van der Waals surface area contributed by atoms with Gasteiger partial charge in [0.15, 0.2) is 0 Å². The van der Waals surface area contributed by atoms with Crippen molar-refractivity contribution in [3.63, 3.8) is 0 Å². The van der Waals surface area contributed by atoms with Crippen LogP contribution in [0.1, 0.15) is 22.1 Å². The van der Waals surface area contributed by atoms with E-state index in [1.165, 1.54) is 11.3 Å². The molecular weight excluding hydrogens is 382 g/mol. The van der Waals surface area contributed by atoms with Crippen molar-refractivity contribution in [1.82, 2.24) is 0 Å². The number of hydrogen-bond donors (Lipinski definition) is 1. The normalized spacial score (nSPS) is 11.6. The first-order chi connectivity index (χ1) is 13.0. The summed E-state index contributed by atoms with van der Waals surface area (Å²) in [5.74, 6) is -0.885. The third-order valence-corrected chi connectivity index (χ3v) is 5.21. The minimum Gasteiger partial charge on any atom is -0.447 e. The van der Waals surface area contributed by atoms with E-state index in [9.17, 15) is 9.59 Å². The van der Waals surface area contributed by atoms with E-state index in [1.807, 2.05) is 36.6 Å². The summed E-state index contributed by atoms with van der Waals surface area (Å²) in [5.41, 5.74) is 2.07. The Bertz CT molecular complexity index is 926. The van der Waals surface area contributed by atoms with Crippen LogP contribution < -0.4 is 5.32 Å². The topological polar surface area (TPSA) is 55.4 Å². The minimum atomic E-state index is -1.04. The van der Waals surface area contributed by atoms with Gasteiger partial charge >= 0.3 is 5.97 Å². The Morgan fingerprint density at radius 1 is 1.11 bits per heavy atom. The summed E-state index contributed by atoms with van der Waals surface area (Å²) in [5, 5.41) is 5.22. The molecule has 27 heavy (non-hydrogen) atoms. The standard InChI is InChI=1S/C21H18ClNO3S/c1-14-9-10-16(12-18(14)22)23-21(25)20(15-6-3-2-4-7-15)26-19(24)13-17-8-5-11-27-17/h2-12,20H,13H2,1H3,(H,23,25). The average molecular weight is 400 g/mol. The molecule has 3 aromatic rings. The Morgan fingerprint density at radius 3 is 2.56 bits per heavy atom. The monoisotopic (exact) mass is 399 g/mol. The highest BCUT2D eigenvalue weighted by Gasteiger charge is 2.25. The van der Waals surface area contributed by atoms with Gasteiger partial charge in [0.05, 0.1) is 6.42 Å². The Hall–Kier alpha value is -2.63. The lowest BCUT2D eigenvalue weighted by molar-refractivity contribution is -0.154. The number of ether oxygens (including phenoxy) is 1. The number of carbonyl (C=O) groups is 2. The van der Waals surface area contributed by atoms with Gasteiger partial charge in [0.2, 0.25) is 6.10 Å². The van der Waals surface area contributed by atoms with E-state index in [1.54, 1.807) is 36.4 Å². The summed E-state index contributed by atoms with van der Waals surface area (Å²) in [7, 11) is 0. The molecule has 4 nitrogen and oxygen atoms in total. The van der Waals surface area contributed by atoms with Crippen LogP contribution in [0.25, 0.3) is 0 Å². The van der Waals surface area contributed by atoms with Crippen molar-refractivity contribution in [3.05, 3.63) is 87.1 Å². The maximum absolute atomic E-state index is 12.8. The number of esters is 1. The largest absolute Gasteiger partial charge is 0.447 e. The molecule has 0 aliphatic heterocycles. The van der Waals surface area contributed by atoms with E-state index >= 15 is 0 Å². The van der Waals surface area contributed by atoms with Gasteiger partial charge in [-0.3, -0.25) is 9.59 Å². The van der Waals surface area contributed by atoms with Crippen LogP contribution in [0.3, 0.4) is 0 Å². The molecule has 0 spiro atoms. The van der Waals surface area contributed by atoms with Crippen molar-refractivity contribution in [1.29, 1.82) is 0 Å². The fourth-order valence-electron chi connectivity index (χ4n) is 2.51. The highest BCUT2D eigenvalue weighted by atomic mass is 35.5. The lowest BCUT2D eigenvalue weighted by atomic mass is 10.1. The van der Waals surface area contributed by atoms with Gasteiger partial charge in [0, 0.05) is 21.2 Å². The summed E-state index contributed by atoms with van der Waals surface area (Å²) in [6, 6.07) is 17.9. The molecule has 0 aliphatic rings. The molecule has 1 unspecified atom stereocenters. The summed E-state index contributed by atoms with van der Waals surface area (Å²) >= 11 is 7.59. The number of nitrogens with one attached hydrogen (secondary N) is 1. The van der Waals surface area contributed by atoms with Gasteiger partial charge in [-0.15, -0.1) is 11.3 Å². The SMILES string of the molecule is Cc1ccc(NC(=O)C(OC(=O)Cc2cccs2)c2ccccc2)cc1Cl. The van der Waals surface area contributed by atoms with Crippen LogP contribution in [0, 0.1) is 6.92 Å². The van der Waals surface area contributed by atoms with Gasteiger partial charge in [-0.25, -0.2) is 0 Å². The van der Waals surface area contributed by atoms with Crippen molar-refractivity contribution in [2.24, 2.45) is 0 Å². The summed E-state index contributed by atoms with van der Waals surface area (Å²) in [4.78, 5) is 26.0. The van der Waals surface area contributed by atoms with Crippen molar-refractivity contribution in [3.8, 4) is 0 Å². The average Bonchev–Trinajstić information content (AvgIpc) is 3.16. The molecule has 0 fully saturated rings. The Balaban J connectivity index is 1.77. The van der Waals surface area contributed by atoms with E-state index < -0.39 is 18.0 Å². The molecule has 0 saturated carbocycles. The minimum absolute atomic E-state index is 0.130. The van der Waals surface area contributed by atoms with Gasteiger partial charge < -0.3 is 10.1 Å². The zero-order chi connectivity index (χ0) is 19.2. The molecule has 0 radical (unpaired) electrons. The van der Waals surface area contributed by atoms with Crippen LogP contribution in [0.15, 0.2) is 66.0 Å². The number of amides is 1. The zero-order valence-electron chi connectivity index (χ0n) is 14.6. The molecular formula is C21H18ClNO3S. The van der Waals surface area contributed by atoms with E-state index in [4.69, 9.17) is 16.3 Å². The first-order valence-electron chi connectivity index (χ1n) is 8.37. The fourth-order valence-corrected chi connectivity index (χ4v) is 3.38. The molecule has 1 N–H and O–H groups in total. The van der Waals surface area contributed by atoms with Crippen LogP contribution in [0.5, 0.6) is 0 Å².